The van der Waals surface area contributed by atoms with Crippen LogP contribution in [0.1, 0.15) is 37.8 Å². The summed E-state index contributed by atoms with van der Waals surface area (Å²) in [6.45, 7) is 2.59. The number of rotatable bonds is 6. The van der Waals surface area contributed by atoms with Crippen molar-refractivity contribution in [2.24, 2.45) is 0 Å². The van der Waals surface area contributed by atoms with Crippen molar-refractivity contribution in [1.29, 1.82) is 0 Å². The second-order valence-electron chi connectivity index (χ2n) is 6.51. The van der Waals surface area contributed by atoms with Gasteiger partial charge in [-0.3, -0.25) is 0 Å². The summed E-state index contributed by atoms with van der Waals surface area (Å²) in [6.07, 6.45) is 0.401. The number of hydrogen-bond acceptors (Lipinski definition) is 8. The zero-order valence-corrected chi connectivity index (χ0v) is 14.9. The average molecular weight is 374 g/mol. The molecule has 1 aliphatic carbocycles. The molecule has 8 heteroatoms. The number of carbonyl (C=O) groups excluding carboxylic acids is 2. The third kappa shape index (κ3) is 3.74. The van der Waals surface area contributed by atoms with Gasteiger partial charge < -0.3 is 33.7 Å². The molecule has 0 amide bonds. The van der Waals surface area contributed by atoms with Crippen molar-refractivity contribution in [3.05, 3.63) is 33.7 Å². The Balaban J connectivity index is 2.20. The van der Waals surface area contributed by atoms with Crippen molar-refractivity contribution in [1.82, 2.24) is 0 Å². The number of carbonyl (C=O) groups is 2. The topological polar surface area (TPSA) is 129 Å². The second kappa shape index (κ2) is 7.30. The number of benzene rings is 1. The van der Waals surface area contributed by atoms with Crippen molar-refractivity contribution in [3.8, 4) is 11.5 Å². The Kier molecular flexibility index (Phi) is 5.07. The highest BCUT2D eigenvalue weighted by molar-refractivity contribution is 5.90. The van der Waals surface area contributed by atoms with Crippen molar-refractivity contribution >= 4 is 22.9 Å². The van der Waals surface area contributed by atoms with Gasteiger partial charge in [-0.15, -0.1) is 0 Å². The highest BCUT2D eigenvalue weighted by Gasteiger charge is 2.23. The summed E-state index contributed by atoms with van der Waals surface area (Å²) in [5.41, 5.74) is 0.981. The van der Waals surface area contributed by atoms with Crippen molar-refractivity contribution in [3.63, 3.8) is 0 Å². The van der Waals surface area contributed by atoms with Gasteiger partial charge >= 0.3 is 5.63 Å². The van der Waals surface area contributed by atoms with E-state index in [1.807, 2.05) is 0 Å². The summed E-state index contributed by atoms with van der Waals surface area (Å²) >= 11 is 0. The average Bonchev–Trinajstić information content (AvgIpc) is 2.61. The molecule has 2 aromatic rings. The van der Waals surface area contributed by atoms with Gasteiger partial charge in [0.1, 0.15) is 29.3 Å². The number of fused-ring (bicyclic) bond motifs is 3. The number of carboxylic acids is 2. The van der Waals surface area contributed by atoms with Gasteiger partial charge in [-0.05, 0) is 45.1 Å². The number of ether oxygens (including phenoxy) is 2. The minimum absolute atomic E-state index is 0.0543. The highest BCUT2D eigenvalue weighted by Crippen LogP contribution is 2.37. The molecular weight excluding hydrogens is 356 g/mol. The van der Waals surface area contributed by atoms with E-state index in [2.05, 4.69) is 0 Å². The number of carboxylic acid groups (broad SMARTS) is 2. The molecule has 0 saturated carbocycles. The SMILES string of the molecule is C[C@@H](Oc1cc(O[C@H](C)C(=O)[O-])c2c3c(c(=O)oc2c1)CCCC3)C(=O)[O-]. The van der Waals surface area contributed by atoms with E-state index in [-0.39, 0.29) is 17.1 Å². The first-order valence-corrected chi connectivity index (χ1v) is 8.65. The van der Waals surface area contributed by atoms with Crippen LogP contribution < -0.4 is 25.3 Å². The van der Waals surface area contributed by atoms with Gasteiger partial charge in [0, 0.05) is 17.7 Å². The van der Waals surface area contributed by atoms with Gasteiger partial charge in [-0.1, -0.05) is 0 Å². The van der Waals surface area contributed by atoms with E-state index in [0.717, 1.165) is 18.4 Å². The molecule has 27 heavy (non-hydrogen) atoms. The molecule has 0 bridgehead atoms. The van der Waals surface area contributed by atoms with Crippen LogP contribution >= 0.6 is 0 Å². The molecule has 144 valence electrons. The smallest absolute Gasteiger partial charge is 0.339 e. The Morgan fingerprint density at radius 1 is 1.00 bits per heavy atom. The Morgan fingerprint density at radius 2 is 1.59 bits per heavy atom. The fourth-order valence-corrected chi connectivity index (χ4v) is 3.16. The summed E-state index contributed by atoms with van der Waals surface area (Å²) in [4.78, 5) is 34.4. The van der Waals surface area contributed by atoms with Gasteiger partial charge in [0.2, 0.25) is 0 Å². The maximum absolute atomic E-state index is 12.3. The van der Waals surface area contributed by atoms with Crippen LogP contribution in [0.25, 0.3) is 11.0 Å². The minimum Gasteiger partial charge on any atom is -0.546 e. The molecule has 2 atom stereocenters. The summed E-state index contributed by atoms with van der Waals surface area (Å²) in [6, 6.07) is 2.78. The third-order valence-corrected chi connectivity index (χ3v) is 4.54. The van der Waals surface area contributed by atoms with Crippen LogP contribution in [0.2, 0.25) is 0 Å². The Bertz CT molecular complexity index is 958. The normalized spacial score (nSPS) is 15.6. The molecular formula is C19H18O8-2. The van der Waals surface area contributed by atoms with Gasteiger partial charge in [0.15, 0.2) is 0 Å². The van der Waals surface area contributed by atoms with Gasteiger partial charge in [0.25, 0.3) is 0 Å². The van der Waals surface area contributed by atoms with E-state index in [1.54, 1.807) is 0 Å². The van der Waals surface area contributed by atoms with E-state index in [4.69, 9.17) is 13.9 Å². The number of hydrogen-bond donors (Lipinski definition) is 0. The first-order chi connectivity index (χ1) is 12.8. The lowest BCUT2D eigenvalue weighted by Gasteiger charge is -2.22. The predicted octanol–water partition coefficient (Wildman–Crippen LogP) is -0.294. The second-order valence-corrected chi connectivity index (χ2v) is 6.51. The third-order valence-electron chi connectivity index (χ3n) is 4.54. The van der Waals surface area contributed by atoms with Crippen LogP contribution in [-0.2, 0) is 22.4 Å². The van der Waals surface area contributed by atoms with E-state index in [9.17, 15) is 24.6 Å². The molecule has 1 aromatic carbocycles. The molecule has 0 saturated heterocycles. The van der Waals surface area contributed by atoms with Crippen LogP contribution in [0.15, 0.2) is 21.3 Å². The Hall–Kier alpha value is -3.03. The monoisotopic (exact) mass is 374 g/mol. The lowest BCUT2D eigenvalue weighted by molar-refractivity contribution is -0.313. The first kappa shape index (κ1) is 18.8. The minimum atomic E-state index is -1.42. The predicted molar refractivity (Wildman–Crippen MR) is 89.3 cm³/mol. The van der Waals surface area contributed by atoms with Crippen LogP contribution in [0, 0.1) is 0 Å². The molecule has 0 aliphatic heterocycles. The molecule has 1 heterocycles. The molecule has 0 radical (unpaired) electrons. The highest BCUT2D eigenvalue weighted by atomic mass is 16.5. The molecule has 1 aliphatic rings. The molecule has 0 spiro atoms. The van der Waals surface area contributed by atoms with E-state index in [0.29, 0.717) is 23.8 Å². The Morgan fingerprint density at radius 3 is 2.22 bits per heavy atom. The zero-order chi connectivity index (χ0) is 19.7. The van der Waals surface area contributed by atoms with E-state index >= 15 is 0 Å². The zero-order valence-electron chi connectivity index (χ0n) is 14.9. The molecule has 0 unspecified atom stereocenters. The fraction of sp³-hybridized carbons (Fsp3) is 0.421. The van der Waals surface area contributed by atoms with Gasteiger partial charge in [-0.2, -0.15) is 0 Å². The van der Waals surface area contributed by atoms with E-state index in [1.165, 1.54) is 26.0 Å². The van der Waals surface area contributed by atoms with Crippen molar-refractivity contribution in [2.45, 2.75) is 51.7 Å². The number of aryl methyl sites for hydroxylation is 1. The van der Waals surface area contributed by atoms with Gasteiger partial charge in [0.05, 0.1) is 17.3 Å². The maximum atomic E-state index is 12.3. The van der Waals surface area contributed by atoms with Crippen LogP contribution in [-0.4, -0.2) is 24.1 Å². The summed E-state index contributed by atoms with van der Waals surface area (Å²) in [7, 11) is 0. The summed E-state index contributed by atoms with van der Waals surface area (Å²) < 4.78 is 16.2. The standard InChI is InChI=1S/C19H20O8/c1-9(17(20)21)25-11-7-14(26-10(2)18(22)23)16-12-5-3-4-6-13(12)19(24)27-15(16)8-11/h7-10H,3-6H2,1-2H3,(H,20,21)(H,22,23)/p-2/t9-,10-/m1/s1. The molecule has 8 nitrogen and oxygen atoms in total. The summed E-state index contributed by atoms with van der Waals surface area (Å²) in [5.74, 6) is -2.65. The lowest BCUT2D eigenvalue weighted by Crippen LogP contribution is -2.37. The van der Waals surface area contributed by atoms with Gasteiger partial charge in [-0.25, -0.2) is 4.79 Å². The van der Waals surface area contributed by atoms with E-state index < -0.39 is 29.8 Å². The van der Waals surface area contributed by atoms with Crippen molar-refractivity contribution in [2.75, 3.05) is 0 Å². The maximum Gasteiger partial charge on any atom is 0.339 e. The summed E-state index contributed by atoms with van der Waals surface area (Å²) in [5, 5.41) is 22.5. The Labute approximate surface area is 154 Å². The molecule has 3 rings (SSSR count). The van der Waals surface area contributed by atoms with Crippen LogP contribution in [0.5, 0.6) is 11.5 Å². The molecule has 0 fully saturated rings. The largest absolute Gasteiger partial charge is 0.546 e. The van der Waals surface area contributed by atoms with Crippen molar-refractivity contribution < 1.29 is 33.7 Å². The number of aliphatic carboxylic acids is 2. The quantitative estimate of drug-likeness (QED) is 0.631. The lowest BCUT2D eigenvalue weighted by atomic mass is 9.90. The molecule has 0 N–H and O–H groups in total. The molecule has 1 aromatic heterocycles. The van der Waals surface area contributed by atoms with Crippen LogP contribution in [0.3, 0.4) is 0 Å². The first-order valence-electron chi connectivity index (χ1n) is 8.65. The van der Waals surface area contributed by atoms with Crippen LogP contribution in [0.4, 0.5) is 0 Å². The fourth-order valence-electron chi connectivity index (χ4n) is 3.16.